The summed E-state index contributed by atoms with van der Waals surface area (Å²) in [7, 11) is 0. The maximum absolute atomic E-state index is 5.82. The van der Waals surface area contributed by atoms with Crippen LogP contribution in [0.2, 0.25) is 0 Å². The third-order valence-electron chi connectivity index (χ3n) is 3.32. The fourth-order valence-corrected chi connectivity index (χ4v) is 2.18. The van der Waals surface area contributed by atoms with Crippen molar-refractivity contribution in [2.75, 3.05) is 26.4 Å². The van der Waals surface area contributed by atoms with Gasteiger partial charge in [0.2, 0.25) is 0 Å². The van der Waals surface area contributed by atoms with Crippen molar-refractivity contribution in [1.29, 1.82) is 0 Å². The molecule has 1 aliphatic rings. The van der Waals surface area contributed by atoms with Gasteiger partial charge in [0.15, 0.2) is 0 Å². The average molecular weight is 249 g/mol. The molecule has 2 rings (SSSR count). The molecule has 0 aliphatic carbocycles. The molecule has 1 unspecified atom stereocenters. The van der Waals surface area contributed by atoms with E-state index in [2.05, 4.69) is 36.5 Å². The second-order valence-corrected chi connectivity index (χ2v) is 4.79. The van der Waals surface area contributed by atoms with Gasteiger partial charge in [-0.05, 0) is 24.1 Å². The fourth-order valence-electron chi connectivity index (χ4n) is 2.18. The number of hydrogen-bond acceptors (Lipinski definition) is 3. The molecule has 3 nitrogen and oxygen atoms in total. The summed E-state index contributed by atoms with van der Waals surface area (Å²) in [5, 5.41) is 3.36. The molecule has 1 N–H and O–H groups in total. The lowest BCUT2D eigenvalue weighted by Crippen LogP contribution is -2.14. The standard InChI is InChI=1S/C15H23NO2/c1-2-16-9-14-5-3-4-6-15(14)12-18-11-13-7-8-17-10-13/h3-6,13,16H,2,7-12H2,1H3. The van der Waals surface area contributed by atoms with Crippen molar-refractivity contribution in [1.82, 2.24) is 5.32 Å². The summed E-state index contributed by atoms with van der Waals surface area (Å²) in [4.78, 5) is 0. The van der Waals surface area contributed by atoms with Crippen LogP contribution in [-0.4, -0.2) is 26.4 Å². The first-order valence-electron chi connectivity index (χ1n) is 6.83. The van der Waals surface area contributed by atoms with Crippen molar-refractivity contribution in [2.24, 2.45) is 5.92 Å². The Hall–Kier alpha value is -0.900. The molecule has 18 heavy (non-hydrogen) atoms. The minimum atomic E-state index is 0.589. The average Bonchev–Trinajstić information content (AvgIpc) is 2.91. The van der Waals surface area contributed by atoms with Gasteiger partial charge in [-0.15, -0.1) is 0 Å². The van der Waals surface area contributed by atoms with E-state index in [1.807, 2.05) is 0 Å². The molecule has 3 heteroatoms. The summed E-state index contributed by atoms with van der Waals surface area (Å²) in [5.41, 5.74) is 2.62. The molecule has 0 radical (unpaired) electrons. The van der Waals surface area contributed by atoms with Crippen molar-refractivity contribution in [3.8, 4) is 0 Å². The fraction of sp³-hybridized carbons (Fsp3) is 0.600. The molecule has 100 valence electrons. The highest BCUT2D eigenvalue weighted by Gasteiger charge is 2.15. The van der Waals surface area contributed by atoms with Gasteiger partial charge in [0.05, 0.1) is 19.8 Å². The molecule has 1 aromatic carbocycles. The lowest BCUT2D eigenvalue weighted by molar-refractivity contribution is 0.0787. The molecule has 0 spiro atoms. The van der Waals surface area contributed by atoms with E-state index in [0.29, 0.717) is 12.5 Å². The predicted molar refractivity (Wildman–Crippen MR) is 72.4 cm³/mol. The third kappa shape index (κ3) is 4.09. The number of benzene rings is 1. The highest BCUT2D eigenvalue weighted by molar-refractivity contribution is 5.26. The van der Waals surface area contributed by atoms with Crippen LogP contribution in [0.4, 0.5) is 0 Å². The maximum Gasteiger partial charge on any atom is 0.0720 e. The smallest absolute Gasteiger partial charge is 0.0720 e. The van der Waals surface area contributed by atoms with Crippen LogP contribution in [-0.2, 0) is 22.6 Å². The summed E-state index contributed by atoms with van der Waals surface area (Å²) >= 11 is 0. The molecule has 0 saturated carbocycles. The van der Waals surface area contributed by atoms with Crippen LogP contribution in [0.15, 0.2) is 24.3 Å². The summed E-state index contributed by atoms with van der Waals surface area (Å²) in [6.07, 6.45) is 1.14. The number of ether oxygens (including phenoxy) is 2. The van der Waals surface area contributed by atoms with E-state index in [-0.39, 0.29) is 0 Å². The molecular weight excluding hydrogens is 226 g/mol. The van der Waals surface area contributed by atoms with Crippen LogP contribution in [0.3, 0.4) is 0 Å². The quantitative estimate of drug-likeness (QED) is 0.804. The summed E-state index contributed by atoms with van der Waals surface area (Å²) in [5.74, 6) is 0.589. The number of rotatable bonds is 7. The molecule has 1 aromatic rings. The predicted octanol–water partition coefficient (Wildman–Crippen LogP) is 2.35. The number of nitrogens with one attached hydrogen (secondary N) is 1. The Balaban J connectivity index is 1.79. The zero-order valence-corrected chi connectivity index (χ0v) is 11.2. The van der Waals surface area contributed by atoms with Gasteiger partial charge in [0.25, 0.3) is 0 Å². The van der Waals surface area contributed by atoms with Crippen LogP contribution < -0.4 is 5.32 Å². The van der Waals surface area contributed by atoms with Gasteiger partial charge >= 0.3 is 0 Å². The lowest BCUT2D eigenvalue weighted by Gasteiger charge is -2.12. The van der Waals surface area contributed by atoms with Gasteiger partial charge in [-0.1, -0.05) is 31.2 Å². The molecular formula is C15H23NO2. The molecule has 1 aliphatic heterocycles. The zero-order valence-electron chi connectivity index (χ0n) is 11.2. The Morgan fingerprint density at radius 2 is 2.17 bits per heavy atom. The topological polar surface area (TPSA) is 30.5 Å². The molecule has 1 fully saturated rings. The van der Waals surface area contributed by atoms with Gasteiger partial charge in [0.1, 0.15) is 0 Å². The Labute approximate surface area is 109 Å². The summed E-state index contributed by atoms with van der Waals surface area (Å²) in [6.45, 7) is 7.31. The molecule has 0 amide bonds. The lowest BCUT2D eigenvalue weighted by atomic mass is 10.1. The first kappa shape index (κ1) is 13.5. The van der Waals surface area contributed by atoms with Crippen LogP contribution in [0.1, 0.15) is 24.5 Å². The minimum absolute atomic E-state index is 0.589. The van der Waals surface area contributed by atoms with Crippen LogP contribution in [0.25, 0.3) is 0 Å². The van der Waals surface area contributed by atoms with Crippen molar-refractivity contribution in [3.63, 3.8) is 0 Å². The van der Waals surface area contributed by atoms with Crippen LogP contribution >= 0.6 is 0 Å². The Morgan fingerprint density at radius 3 is 2.89 bits per heavy atom. The Kier molecular flexibility index (Phi) is 5.65. The van der Waals surface area contributed by atoms with Crippen molar-refractivity contribution < 1.29 is 9.47 Å². The van der Waals surface area contributed by atoms with Gasteiger partial charge < -0.3 is 14.8 Å². The van der Waals surface area contributed by atoms with Gasteiger partial charge in [-0.25, -0.2) is 0 Å². The zero-order chi connectivity index (χ0) is 12.6. The summed E-state index contributed by atoms with van der Waals surface area (Å²) < 4.78 is 11.2. The Morgan fingerprint density at radius 1 is 1.33 bits per heavy atom. The van der Waals surface area contributed by atoms with E-state index in [1.54, 1.807) is 0 Å². The van der Waals surface area contributed by atoms with Crippen molar-refractivity contribution in [3.05, 3.63) is 35.4 Å². The van der Waals surface area contributed by atoms with E-state index < -0.39 is 0 Å². The van der Waals surface area contributed by atoms with Crippen molar-refractivity contribution >= 4 is 0 Å². The monoisotopic (exact) mass is 249 g/mol. The van der Waals surface area contributed by atoms with E-state index in [0.717, 1.165) is 39.3 Å². The largest absolute Gasteiger partial charge is 0.381 e. The minimum Gasteiger partial charge on any atom is -0.381 e. The second-order valence-electron chi connectivity index (χ2n) is 4.79. The third-order valence-corrected chi connectivity index (χ3v) is 3.32. The van der Waals surface area contributed by atoms with E-state index >= 15 is 0 Å². The Bertz CT molecular complexity index is 348. The molecule has 1 saturated heterocycles. The molecule has 1 heterocycles. The van der Waals surface area contributed by atoms with Gasteiger partial charge in [-0.3, -0.25) is 0 Å². The van der Waals surface area contributed by atoms with E-state index in [4.69, 9.17) is 9.47 Å². The first-order chi connectivity index (χ1) is 8.90. The maximum atomic E-state index is 5.82. The normalized spacial score (nSPS) is 19.3. The summed E-state index contributed by atoms with van der Waals surface area (Å²) in [6, 6.07) is 8.48. The molecule has 1 atom stereocenters. The molecule has 0 bridgehead atoms. The van der Waals surface area contributed by atoms with Gasteiger partial charge in [0, 0.05) is 19.1 Å². The van der Waals surface area contributed by atoms with Crippen LogP contribution in [0.5, 0.6) is 0 Å². The SMILES string of the molecule is CCNCc1ccccc1COCC1CCOC1. The first-order valence-corrected chi connectivity index (χ1v) is 6.83. The number of hydrogen-bond donors (Lipinski definition) is 1. The highest BCUT2D eigenvalue weighted by Crippen LogP contribution is 2.15. The van der Waals surface area contributed by atoms with E-state index in [9.17, 15) is 0 Å². The molecule has 0 aromatic heterocycles. The highest BCUT2D eigenvalue weighted by atomic mass is 16.5. The van der Waals surface area contributed by atoms with E-state index in [1.165, 1.54) is 11.1 Å². The van der Waals surface area contributed by atoms with Crippen LogP contribution in [0, 0.1) is 5.92 Å². The van der Waals surface area contributed by atoms with Crippen molar-refractivity contribution in [2.45, 2.75) is 26.5 Å². The van der Waals surface area contributed by atoms with Gasteiger partial charge in [-0.2, -0.15) is 0 Å². The second kappa shape index (κ2) is 7.52.